The number of nitrogens with two attached hydrogens (primary N) is 1. The van der Waals surface area contributed by atoms with Gasteiger partial charge in [-0.15, -0.1) is 0 Å². The zero-order valence-electron chi connectivity index (χ0n) is 23.1. The molecule has 0 saturated heterocycles. The van der Waals surface area contributed by atoms with E-state index in [-0.39, 0.29) is 5.91 Å². The summed E-state index contributed by atoms with van der Waals surface area (Å²) in [6.07, 6.45) is 9.21. The van der Waals surface area contributed by atoms with Crippen LogP contribution in [0.1, 0.15) is 88.2 Å². The lowest BCUT2D eigenvalue weighted by atomic mass is 9.76. The van der Waals surface area contributed by atoms with Crippen molar-refractivity contribution < 1.29 is 19.8 Å². The van der Waals surface area contributed by atoms with E-state index < -0.39 is 34.6 Å². The highest BCUT2D eigenvalue weighted by atomic mass is 16.3. The van der Waals surface area contributed by atoms with Crippen molar-refractivity contribution in [3.8, 4) is 0 Å². The molecule has 3 aliphatic carbocycles. The molecule has 2 atom stereocenters. The average molecular weight is 533 g/mol. The average Bonchev–Trinajstić information content (AvgIpc) is 3.71. The lowest BCUT2D eigenvalue weighted by Gasteiger charge is -2.51. The van der Waals surface area contributed by atoms with Gasteiger partial charge in [0.1, 0.15) is 5.41 Å². The van der Waals surface area contributed by atoms with Crippen LogP contribution in [0.3, 0.4) is 0 Å². The van der Waals surface area contributed by atoms with Gasteiger partial charge in [0.15, 0.2) is 0 Å². The maximum atomic E-state index is 15.0. The van der Waals surface area contributed by atoms with Gasteiger partial charge in [0.2, 0.25) is 11.8 Å². The van der Waals surface area contributed by atoms with Crippen LogP contribution in [-0.4, -0.2) is 50.2 Å². The summed E-state index contributed by atoms with van der Waals surface area (Å²) in [5.74, 6) is -0.876. The standard InChI is InChI=1S/C33H44N2O4/c34-29(36)31(17-7-8-18-31)30(37)35(27(32(38)19-9-10-20-32)23-25-13-3-1-4-14-25)28(33(39)21-11-12-22-33)24-26-15-5-2-6-16-26/h1-6,13-16,27-28,38-39H,7-12,17-24H2,(H2,34,36)/t27-,28-/m1/s1. The van der Waals surface area contributed by atoms with Gasteiger partial charge in [-0.1, -0.05) is 99.2 Å². The van der Waals surface area contributed by atoms with Crippen molar-refractivity contribution in [2.24, 2.45) is 11.1 Å². The Morgan fingerprint density at radius 2 is 1.03 bits per heavy atom. The van der Waals surface area contributed by atoms with Crippen molar-refractivity contribution in [1.29, 1.82) is 0 Å². The zero-order chi connectivity index (χ0) is 27.5. The molecular weight excluding hydrogens is 488 g/mol. The minimum absolute atomic E-state index is 0.296. The van der Waals surface area contributed by atoms with Gasteiger partial charge in [-0.2, -0.15) is 0 Å². The smallest absolute Gasteiger partial charge is 0.238 e. The number of hydrogen-bond donors (Lipinski definition) is 3. The van der Waals surface area contributed by atoms with Crippen LogP contribution in [0.15, 0.2) is 60.7 Å². The highest BCUT2D eigenvalue weighted by molar-refractivity contribution is 6.05. The molecule has 4 N–H and O–H groups in total. The van der Waals surface area contributed by atoms with Gasteiger partial charge < -0.3 is 20.8 Å². The number of nitrogens with zero attached hydrogens (tertiary/aromatic N) is 1. The number of rotatable bonds is 10. The van der Waals surface area contributed by atoms with E-state index in [9.17, 15) is 19.8 Å². The predicted molar refractivity (Wildman–Crippen MR) is 152 cm³/mol. The van der Waals surface area contributed by atoms with Crippen LogP contribution in [0, 0.1) is 5.41 Å². The monoisotopic (exact) mass is 532 g/mol. The maximum absolute atomic E-state index is 15.0. The van der Waals surface area contributed by atoms with Crippen LogP contribution >= 0.6 is 0 Å². The number of carbonyl (C=O) groups is 2. The number of primary amides is 1. The van der Waals surface area contributed by atoms with E-state index in [4.69, 9.17) is 5.73 Å². The third-order valence-corrected chi connectivity index (χ3v) is 9.97. The number of amides is 2. The number of aliphatic hydroxyl groups is 2. The van der Waals surface area contributed by atoms with Crippen LogP contribution in [-0.2, 0) is 22.4 Å². The van der Waals surface area contributed by atoms with Crippen molar-refractivity contribution in [3.05, 3.63) is 71.8 Å². The zero-order valence-corrected chi connectivity index (χ0v) is 23.1. The Morgan fingerprint density at radius 3 is 1.38 bits per heavy atom. The molecule has 0 spiro atoms. The van der Waals surface area contributed by atoms with Gasteiger partial charge in [-0.05, 0) is 62.5 Å². The first-order valence-corrected chi connectivity index (χ1v) is 14.9. The van der Waals surface area contributed by atoms with Crippen LogP contribution in [0.5, 0.6) is 0 Å². The molecule has 5 rings (SSSR count). The normalized spacial score (nSPS) is 22.8. The third-order valence-electron chi connectivity index (χ3n) is 9.97. The molecule has 6 nitrogen and oxygen atoms in total. The summed E-state index contributed by atoms with van der Waals surface area (Å²) in [6, 6.07) is 18.8. The SMILES string of the molecule is NC(=O)C1(C(=O)N([C@H](Cc2ccccc2)C2(O)CCCC2)[C@H](Cc2ccccc2)C2(O)CCCC2)CCCC1. The molecule has 6 heteroatoms. The van der Waals surface area contributed by atoms with Crippen molar-refractivity contribution in [2.45, 2.75) is 113 Å². The first-order chi connectivity index (χ1) is 18.8. The third kappa shape index (κ3) is 5.51. The van der Waals surface area contributed by atoms with E-state index in [1.807, 2.05) is 65.6 Å². The minimum atomic E-state index is -1.30. The second-order valence-corrected chi connectivity index (χ2v) is 12.4. The molecule has 0 aromatic heterocycles. The van der Waals surface area contributed by atoms with E-state index in [0.717, 1.165) is 49.7 Å². The lowest BCUT2D eigenvalue weighted by Crippen LogP contribution is -2.67. The molecule has 0 unspecified atom stereocenters. The Morgan fingerprint density at radius 1 is 0.667 bits per heavy atom. The predicted octanol–water partition coefficient (Wildman–Crippen LogP) is 4.69. The Hall–Kier alpha value is -2.70. The summed E-state index contributed by atoms with van der Waals surface area (Å²) in [6.45, 7) is 0. The Labute approximate surface area is 232 Å². The maximum Gasteiger partial charge on any atom is 0.238 e. The van der Waals surface area contributed by atoms with Crippen molar-refractivity contribution in [2.75, 3.05) is 0 Å². The highest BCUT2D eigenvalue weighted by Gasteiger charge is 2.57. The molecule has 3 fully saturated rings. The fourth-order valence-electron chi connectivity index (χ4n) is 7.70. The van der Waals surface area contributed by atoms with E-state index >= 15 is 0 Å². The van der Waals surface area contributed by atoms with Crippen LogP contribution in [0.4, 0.5) is 0 Å². The first kappa shape index (κ1) is 27.9. The topological polar surface area (TPSA) is 104 Å². The lowest BCUT2D eigenvalue weighted by molar-refractivity contribution is -0.169. The summed E-state index contributed by atoms with van der Waals surface area (Å²) in [5.41, 5.74) is 4.58. The quantitative estimate of drug-likeness (QED) is 0.386. The molecular formula is C33H44N2O4. The van der Waals surface area contributed by atoms with Gasteiger partial charge in [0.05, 0.1) is 23.3 Å². The molecule has 0 heterocycles. The molecule has 39 heavy (non-hydrogen) atoms. The largest absolute Gasteiger partial charge is 0.388 e. The molecule has 0 aliphatic heterocycles. The minimum Gasteiger partial charge on any atom is -0.388 e. The second kappa shape index (κ2) is 11.4. The van der Waals surface area contributed by atoms with Gasteiger partial charge >= 0.3 is 0 Å². The van der Waals surface area contributed by atoms with E-state index in [2.05, 4.69) is 0 Å². The molecule has 0 bridgehead atoms. The summed E-state index contributed by atoms with van der Waals surface area (Å²) >= 11 is 0. The fourth-order valence-corrected chi connectivity index (χ4v) is 7.70. The summed E-state index contributed by atoms with van der Waals surface area (Å²) in [7, 11) is 0. The van der Waals surface area contributed by atoms with Gasteiger partial charge in [0.25, 0.3) is 0 Å². The Balaban J connectivity index is 1.68. The number of benzene rings is 2. The fraction of sp³-hybridized carbons (Fsp3) is 0.576. The summed E-state index contributed by atoms with van der Waals surface area (Å²) < 4.78 is 0. The van der Waals surface area contributed by atoms with Crippen molar-refractivity contribution in [3.63, 3.8) is 0 Å². The number of carbonyl (C=O) groups excluding carboxylic acids is 2. The molecule has 2 aromatic rings. The Kier molecular flexibility index (Phi) is 8.16. The molecule has 3 aliphatic rings. The first-order valence-electron chi connectivity index (χ1n) is 14.9. The second-order valence-electron chi connectivity index (χ2n) is 12.4. The van der Waals surface area contributed by atoms with Crippen molar-refractivity contribution >= 4 is 11.8 Å². The highest BCUT2D eigenvalue weighted by Crippen LogP contribution is 2.47. The van der Waals surface area contributed by atoms with E-state index in [0.29, 0.717) is 51.4 Å². The molecule has 3 saturated carbocycles. The summed E-state index contributed by atoms with van der Waals surface area (Å²) in [5, 5.41) is 24.5. The van der Waals surface area contributed by atoms with Gasteiger partial charge in [-0.3, -0.25) is 9.59 Å². The van der Waals surface area contributed by atoms with Crippen molar-refractivity contribution in [1.82, 2.24) is 4.90 Å². The molecule has 2 amide bonds. The summed E-state index contributed by atoms with van der Waals surface area (Å²) in [4.78, 5) is 29.9. The van der Waals surface area contributed by atoms with Gasteiger partial charge in [-0.25, -0.2) is 0 Å². The Bertz CT molecular complexity index is 1050. The van der Waals surface area contributed by atoms with Gasteiger partial charge in [0, 0.05) is 0 Å². The molecule has 0 radical (unpaired) electrons. The number of hydrogen-bond acceptors (Lipinski definition) is 4. The van der Waals surface area contributed by atoms with Crippen LogP contribution in [0.25, 0.3) is 0 Å². The van der Waals surface area contributed by atoms with E-state index in [1.165, 1.54) is 0 Å². The molecule has 210 valence electrons. The van der Waals surface area contributed by atoms with E-state index in [1.54, 1.807) is 0 Å². The van der Waals surface area contributed by atoms with Crippen LogP contribution in [0.2, 0.25) is 0 Å². The van der Waals surface area contributed by atoms with Crippen LogP contribution < -0.4 is 5.73 Å². The molecule has 2 aromatic carbocycles.